The second kappa shape index (κ2) is 5.95. The van der Waals surface area contributed by atoms with Crippen molar-refractivity contribution in [2.24, 2.45) is 5.92 Å². The SMILES string of the molecule is CCN(C)S(=O)(=O)NC1CCCCC1CO. The van der Waals surface area contributed by atoms with Crippen LogP contribution in [0.3, 0.4) is 0 Å². The number of hydrogen-bond donors (Lipinski definition) is 2. The highest BCUT2D eigenvalue weighted by Crippen LogP contribution is 2.24. The third-order valence-corrected chi connectivity index (χ3v) is 4.98. The van der Waals surface area contributed by atoms with E-state index in [1.807, 2.05) is 0 Å². The number of nitrogens with zero attached hydrogens (tertiary/aromatic N) is 1. The van der Waals surface area contributed by atoms with Gasteiger partial charge in [0.25, 0.3) is 10.2 Å². The minimum Gasteiger partial charge on any atom is -0.396 e. The molecule has 1 aliphatic carbocycles. The molecule has 16 heavy (non-hydrogen) atoms. The second-order valence-corrected chi connectivity index (χ2v) is 6.18. The van der Waals surface area contributed by atoms with Crippen molar-refractivity contribution in [2.75, 3.05) is 20.2 Å². The van der Waals surface area contributed by atoms with E-state index < -0.39 is 10.2 Å². The molecule has 0 amide bonds. The molecule has 0 aromatic heterocycles. The first-order chi connectivity index (χ1) is 7.51. The van der Waals surface area contributed by atoms with Gasteiger partial charge in [0.2, 0.25) is 0 Å². The van der Waals surface area contributed by atoms with Crippen LogP contribution >= 0.6 is 0 Å². The van der Waals surface area contributed by atoms with Gasteiger partial charge in [0.1, 0.15) is 0 Å². The van der Waals surface area contributed by atoms with E-state index in [-0.39, 0.29) is 18.6 Å². The normalized spacial score (nSPS) is 27.2. The molecule has 0 aromatic rings. The van der Waals surface area contributed by atoms with Crippen LogP contribution in [0.1, 0.15) is 32.6 Å². The Bertz CT molecular complexity index is 305. The number of hydrogen-bond acceptors (Lipinski definition) is 3. The van der Waals surface area contributed by atoms with Gasteiger partial charge in [0.05, 0.1) is 0 Å². The maximum Gasteiger partial charge on any atom is 0.279 e. The molecule has 2 unspecified atom stereocenters. The number of rotatable bonds is 5. The maximum absolute atomic E-state index is 11.8. The highest BCUT2D eigenvalue weighted by molar-refractivity contribution is 7.87. The molecule has 1 fully saturated rings. The molecule has 1 rings (SSSR count). The van der Waals surface area contributed by atoms with Gasteiger partial charge in [0.15, 0.2) is 0 Å². The first-order valence-corrected chi connectivity index (χ1v) is 7.29. The van der Waals surface area contributed by atoms with E-state index in [1.165, 1.54) is 4.31 Å². The minimum atomic E-state index is -3.38. The van der Waals surface area contributed by atoms with Crippen molar-refractivity contribution in [2.45, 2.75) is 38.6 Å². The van der Waals surface area contributed by atoms with Gasteiger partial charge in [-0.05, 0) is 18.8 Å². The molecular formula is C10H22N2O3S. The van der Waals surface area contributed by atoms with Crippen LogP contribution in [0.4, 0.5) is 0 Å². The summed E-state index contributed by atoms with van der Waals surface area (Å²) in [7, 11) is -1.83. The highest BCUT2D eigenvalue weighted by atomic mass is 32.2. The topological polar surface area (TPSA) is 69.6 Å². The molecule has 2 N–H and O–H groups in total. The van der Waals surface area contributed by atoms with Gasteiger partial charge in [-0.1, -0.05) is 19.8 Å². The standard InChI is InChI=1S/C10H22N2O3S/c1-3-12(2)16(14,15)11-10-7-5-4-6-9(10)8-13/h9-11,13H,3-8H2,1-2H3. The van der Waals surface area contributed by atoms with Crippen molar-refractivity contribution in [3.8, 4) is 0 Å². The molecule has 1 aliphatic rings. The third kappa shape index (κ3) is 3.41. The minimum absolute atomic E-state index is 0.0586. The van der Waals surface area contributed by atoms with E-state index in [9.17, 15) is 13.5 Å². The Morgan fingerprint density at radius 2 is 2.00 bits per heavy atom. The van der Waals surface area contributed by atoms with E-state index >= 15 is 0 Å². The summed E-state index contributed by atoms with van der Waals surface area (Å²) in [5.74, 6) is 0.0637. The molecule has 0 heterocycles. The zero-order chi connectivity index (χ0) is 12.2. The van der Waals surface area contributed by atoms with Gasteiger partial charge in [0, 0.05) is 26.2 Å². The summed E-state index contributed by atoms with van der Waals surface area (Å²) >= 11 is 0. The summed E-state index contributed by atoms with van der Waals surface area (Å²) in [6.45, 7) is 2.30. The van der Waals surface area contributed by atoms with Crippen LogP contribution in [0.5, 0.6) is 0 Å². The van der Waals surface area contributed by atoms with Gasteiger partial charge >= 0.3 is 0 Å². The molecule has 96 valence electrons. The average Bonchev–Trinajstić information content (AvgIpc) is 2.28. The van der Waals surface area contributed by atoms with Crippen LogP contribution in [0.15, 0.2) is 0 Å². The van der Waals surface area contributed by atoms with Crippen molar-refractivity contribution >= 4 is 10.2 Å². The summed E-state index contributed by atoms with van der Waals surface area (Å²) in [6, 6.07) is -0.113. The summed E-state index contributed by atoms with van der Waals surface area (Å²) in [5.41, 5.74) is 0. The molecule has 5 nitrogen and oxygen atoms in total. The summed E-state index contributed by atoms with van der Waals surface area (Å²) < 4.78 is 27.6. The van der Waals surface area contributed by atoms with Crippen molar-refractivity contribution in [1.82, 2.24) is 9.03 Å². The number of aliphatic hydroxyl groups excluding tert-OH is 1. The Kier molecular flexibility index (Phi) is 5.17. The molecule has 6 heteroatoms. The van der Waals surface area contributed by atoms with Crippen LogP contribution in [0.25, 0.3) is 0 Å². The van der Waals surface area contributed by atoms with E-state index in [2.05, 4.69) is 4.72 Å². The van der Waals surface area contributed by atoms with Crippen LogP contribution in [-0.2, 0) is 10.2 Å². The van der Waals surface area contributed by atoms with Crippen molar-refractivity contribution < 1.29 is 13.5 Å². The lowest BCUT2D eigenvalue weighted by Crippen LogP contribution is -2.48. The monoisotopic (exact) mass is 250 g/mol. The van der Waals surface area contributed by atoms with Crippen LogP contribution in [0.2, 0.25) is 0 Å². The summed E-state index contributed by atoms with van der Waals surface area (Å²) in [5, 5.41) is 9.21. The summed E-state index contributed by atoms with van der Waals surface area (Å²) in [6.07, 6.45) is 3.83. The molecule has 2 atom stereocenters. The molecule has 0 radical (unpaired) electrons. The molecule has 0 saturated heterocycles. The third-order valence-electron chi connectivity index (χ3n) is 3.30. The zero-order valence-electron chi connectivity index (χ0n) is 10.0. The molecule has 1 saturated carbocycles. The summed E-state index contributed by atoms with van der Waals surface area (Å²) in [4.78, 5) is 0. The van der Waals surface area contributed by atoms with E-state index in [1.54, 1.807) is 14.0 Å². The molecule has 0 aromatic carbocycles. The lowest BCUT2D eigenvalue weighted by atomic mass is 9.86. The maximum atomic E-state index is 11.8. The average molecular weight is 250 g/mol. The predicted molar refractivity (Wildman–Crippen MR) is 63.2 cm³/mol. The lowest BCUT2D eigenvalue weighted by molar-refractivity contribution is 0.163. The van der Waals surface area contributed by atoms with Gasteiger partial charge in [-0.25, -0.2) is 0 Å². The van der Waals surface area contributed by atoms with Crippen molar-refractivity contribution in [3.63, 3.8) is 0 Å². The molecule has 0 spiro atoms. The smallest absolute Gasteiger partial charge is 0.279 e. The first kappa shape index (κ1) is 13.9. The fourth-order valence-electron chi connectivity index (χ4n) is 2.03. The first-order valence-electron chi connectivity index (χ1n) is 5.85. The zero-order valence-corrected chi connectivity index (χ0v) is 10.8. The van der Waals surface area contributed by atoms with Gasteiger partial charge < -0.3 is 5.11 Å². The van der Waals surface area contributed by atoms with E-state index in [0.717, 1.165) is 25.7 Å². The Morgan fingerprint density at radius 3 is 2.56 bits per heavy atom. The van der Waals surface area contributed by atoms with Gasteiger partial charge in [-0.3, -0.25) is 0 Å². The Morgan fingerprint density at radius 1 is 1.38 bits per heavy atom. The largest absolute Gasteiger partial charge is 0.396 e. The Hall–Kier alpha value is -0.170. The Labute approximate surface area is 98.0 Å². The van der Waals surface area contributed by atoms with E-state index in [4.69, 9.17) is 0 Å². The van der Waals surface area contributed by atoms with Crippen LogP contribution in [0, 0.1) is 5.92 Å². The van der Waals surface area contributed by atoms with Crippen LogP contribution < -0.4 is 4.72 Å². The molecule has 0 bridgehead atoms. The van der Waals surface area contributed by atoms with E-state index in [0.29, 0.717) is 6.54 Å². The fraction of sp³-hybridized carbons (Fsp3) is 1.00. The molecular weight excluding hydrogens is 228 g/mol. The highest BCUT2D eigenvalue weighted by Gasteiger charge is 2.29. The molecule has 0 aliphatic heterocycles. The van der Waals surface area contributed by atoms with Crippen molar-refractivity contribution in [3.05, 3.63) is 0 Å². The van der Waals surface area contributed by atoms with Gasteiger partial charge in [-0.2, -0.15) is 17.4 Å². The second-order valence-electron chi connectivity index (χ2n) is 4.37. The quantitative estimate of drug-likeness (QED) is 0.738. The predicted octanol–water partition coefficient (Wildman–Crippen LogP) is 0.324. The van der Waals surface area contributed by atoms with Crippen LogP contribution in [-0.4, -0.2) is 44.1 Å². The van der Waals surface area contributed by atoms with Crippen molar-refractivity contribution in [1.29, 1.82) is 0 Å². The fourth-order valence-corrected chi connectivity index (χ4v) is 3.25. The van der Waals surface area contributed by atoms with Gasteiger partial charge in [-0.15, -0.1) is 0 Å². The lowest BCUT2D eigenvalue weighted by Gasteiger charge is -2.31. The number of nitrogens with one attached hydrogen (secondary N) is 1. The number of aliphatic hydroxyl groups is 1. The Balaban J connectivity index is 2.64.